The Morgan fingerprint density at radius 1 is 1.00 bits per heavy atom. The molecule has 2 atom stereocenters. The molecule has 0 radical (unpaired) electrons. The molecule has 2 saturated heterocycles. The number of nitrogens with zero attached hydrogens (tertiary/aromatic N) is 5. The highest BCUT2D eigenvalue weighted by molar-refractivity contribution is 5.99. The first-order chi connectivity index (χ1) is 14.8. The zero-order chi connectivity index (χ0) is 20.1. The summed E-state index contributed by atoms with van der Waals surface area (Å²) in [5.74, 6) is 1.57. The normalized spacial score (nSPS) is 24.3. The molecule has 0 aliphatic carbocycles. The standard InChI is InChI=1S/C24H27N5O/c30-24-18-8-1-2-11-21(18)29-22(26-19-9-5-12-25-23(19)29)16-28(24)15-17-7-6-14-27-13-4-3-10-20(17)27/h1-2,5,8-9,11-12,17,20H,3-4,6-7,10,13-16H2/t17-,20?/m0/s1. The molecule has 6 rings (SSSR count). The van der Waals surface area contributed by atoms with Crippen molar-refractivity contribution in [3.8, 4) is 5.69 Å². The largest absolute Gasteiger partial charge is 0.331 e. The van der Waals surface area contributed by atoms with Crippen LogP contribution in [0.5, 0.6) is 0 Å². The predicted molar refractivity (Wildman–Crippen MR) is 116 cm³/mol. The van der Waals surface area contributed by atoms with Gasteiger partial charge in [-0.05, 0) is 69.0 Å². The number of amides is 1. The molecule has 0 spiro atoms. The van der Waals surface area contributed by atoms with Crippen molar-refractivity contribution in [3.63, 3.8) is 0 Å². The molecule has 30 heavy (non-hydrogen) atoms. The minimum Gasteiger partial charge on any atom is -0.331 e. The molecule has 3 aliphatic heterocycles. The van der Waals surface area contributed by atoms with E-state index in [0.29, 0.717) is 18.5 Å². The molecular weight excluding hydrogens is 374 g/mol. The lowest BCUT2D eigenvalue weighted by molar-refractivity contribution is 0.0346. The number of carbonyl (C=O) groups is 1. The van der Waals surface area contributed by atoms with Crippen LogP contribution in [0.2, 0.25) is 0 Å². The maximum absolute atomic E-state index is 13.6. The minimum absolute atomic E-state index is 0.119. The molecule has 154 valence electrons. The summed E-state index contributed by atoms with van der Waals surface area (Å²) in [6.07, 6.45) is 8.15. The fourth-order valence-electron chi connectivity index (χ4n) is 5.80. The van der Waals surface area contributed by atoms with Crippen molar-refractivity contribution < 1.29 is 4.79 Å². The summed E-state index contributed by atoms with van der Waals surface area (Å²) in [5.41, 5.74) is 3.35. The lowest BCUT2D eigenvalue weighted by Crippen LogP contribution is -2.51. The number of carbonyl (C=O) groups excluding carboxylic acids is 1. The van der Waals surface area contributed by atoms with E-state index in [-0.39, 0.29) is 5.91 Å². The van der Waals surface area contributed by atoms with Crippen LogP contribution >= 0.6 is 0 Å². The number of imidazole rings is 1. The maximum atomic E-state index is 13.6. The molecule has 3 aliphatic rings. The van der Waals surface area contributed by atoms with Crippen molar-refractivity contribution in [2.75, 3.05) is 19.6 Å². The third-order valence-corrected chi connectivity index (χ3v) is 7.16. The molecule has 2 fully saturated rings. The van der Waals surface area contributed by atoms with Gasteiger partial charge in [-0.2, -0.15) is 0 Å². The second-order valence-corrected chi connectivity index (χ2v) is 8.91. The van der Waals surface area contributed by atoms with Gasteiger partial charge in [0, 0.05) is 18.8 Å². The number of hydrogen-bond donors (Lipinski definition) is 0. The summed E-state index contributed by atoms with van der Waals surface area (Å²) in [7, 11) is 0. The van der Waals surface area contributed by atoms with E-state index in [2.05, 4.69) is 14.5 Å². The van der Waals surface area contributed by atoms with Gasteiger partial charge in [-0.15, -0.1) is 0 Å². The van der Waals surface area contributed by atoms with Gasteiger partial charge in [0.05, 0.1) is 17.8 Å². The van der Waals surface area contributed by atoms with Gasteiger partial charge in [0.25, 0.3) is 5.91 Å². The fourth-order valence-corrected chi connectivity index (χ4v) is 5.80. The maximum Gasteiger partial charge on any atom is 0.256 e. The first-order valence-electron chi connectivity index (χ1n) is 11.2. The van der Waals surface area contributed by atoms with Crippen molar-refractivity contribution in [1.29, 1.82) is 0 Å². The van der Waals surface area contributed by atoms with Gasteiger partial charge in [0.2, 0.25) is 0 Å². The first-order valence-corrected chi connectivity index (χ1v) is 11.2. The molecule has 6 nitrogen and oxygen atoms in total. The highest BCUT2D eigenvalue weighted by Crippen LogP contribution is 2.34. The van der Waals surface area contributed by atoms with Gasteiger partial charge in [-0.3, -0.25) is 9.36 Å². The van der Waals surface area contributed by atoms with Gasteiger partial charge < -0.3 is 9.80 Å². The Hall–Kier alpha value is -2.73. The molecule has 5 heterocycles. The Labute approximate surface area is 176 Å². The molecule has 1 unspecified atom stereocenters. The van der Waals surface area contributed by atoms with Crippen LogP contribution in [0.15, 0.2) is 42.6 Å². The minimum atomic E-state index is 0.119. The average Bonchev–Trinajstić information content (AvgIpc) is 3.11. The van der Waals surface area contributed by atoms with Crippen molar-refractivity contribution in [3.05, 3.63) is 54.0 Å². The van der Waals surface area contributed by atoms with E-state index in [1.807, 2.05) is 41.3 Å². The Morgan fingerprint density at radius 3 is 2.87 bits per heavy atom. The van der Waals surface area contributed by atoms with Crippen LogP contribution in [-0.2, 0) is 6.54 Å². The van der Waals surface area contributed by atoms with E-state index in [9.17, 15) is 4.79 Å². The number of rotatable bonds is 2. The lowest BCUT2D eigenvalue weighted by atomic mass is 9.83. The van der Waals surface area contributed by atoms with E-state index in [1.165, 1.54) is 45.2 Å². The van der Waals surface area contributed by atoms with Crippen molar-refractivity contribution in [2.45, 2.75) is 44.7 Å². The quantitative estimate of drug-likeness (QED) is 0.658. The fraction of sp³-hybridized carbons (Fsp3) is 0.458. The summed E-state index contributed by atoms with van der Waals surface area (Å²) >= 11 is 0. The Balaban J connectivity index is 1.40. The van der Waals surface area contributed by atoms with Gasteiger partial charge >= 0.3 is 0 Å². The van der Waals surface area contributed by atoms with Gasteiger partial charge in [0.1, 0.15) is 11.3 Å². The Bertz CT molecular complexity index is 1100. The number of pyridine rings is 1. The predicted octanol–water partition coefficient (Wildman–Crippen LogP) is 3.64. The molecule has 0 saturated carbocycles. The highest BCUT2D eigenvalue weighted by atomic mass is 16.2. The van der Waals surface area contributed by atoms with Gasteiger partial charge in [0.15, 0.2) is 5.65 Å². The van der Waals surface area contributed by atoms with Gasteiger partial charge in [-0.25, -0.2) is 9.97 Å². The zero-order valence-electron chi connectivity index (χ0n) is 17.2. The molecule has 0 bridgehead atoms. The molecule has 1 amide bonds. The third-order valence-electron chi connectivity index (χ3n) is 7.16. The molecule has 3 aromatic rings. The molecular formula is C24H27N5O. The monoisotopic (exact) mass is 401 g/mol. The van der Waals surface area contributed by atoms with E-state index in [0.717, 1.165) is 34.8 Å². The number of piperidine rings is 2. The second-order valence-electron chi connectivity index (χ2n) is 8.91. The summed E-state index contributed by atoms with van der Waals surface area (Å²) in [6, 6.07) is 12.4. The van der Waals surface area contributed by atoms with Crippen LogP contribution in [0.3, 0.4) is 0 Å². The van der Waals surface area contributed by atoms with E-state index < -0.39 is 0 Å². The van der Waals surface area contributed by atoms with E-state index >= 15 is 0 Å². The Kier molecular flexibility index (Phi) is 4.34. The topological polar surface area (TPSA) is 54.3 Å². The van der Waals surface area contributed by atoms with Crippen LogP contribution in [-0.4, -0.2) is 55.9 Å². The van der Waals surface area contributed by atoms with Crippen molar-refractivity contribution >= 4 is 17.1 Å². The summed E-state index contributed by atoms with van der Waals surface area (Å²) in [6.45, 7) is 3.79. The molecule has 2 aromatic heterocycles. The van der Waals surface area contributed by atoms with Crippen molar-refractivity contribution in [2.24, 2.45) is 5.92 Å². The highest BCUT2D eigenvalue weighted by Gasteiger charge is 2.36. The van der Waals surface area contributed by atoms with Crippen LogP contribution in [0.25, 0.3) is 16.9 Å². The van der Waals surface area contributed by atoms with E-state index in [4.69, 9.17) is 4.98 Å². The molecule has 0 N–H and O–H groups in total. The summed E-state index contributed by atoms with van der Waals surface area (Å²) in [5, 5.41) is 0. The van der Waals surface area contributed by atoms with Crippen LogP contribution in [0, 0.1) is 5.92 Å². The smallest absolute Gasteiger partial charge is 0.256 e. The van der Waals surface area contributed by atoms with Crippen LogP contribution in [0.4, 0.5) is 0 Å². The zero-order valence-corrected chi connectivity index (χ0v) is 17.2. The molecule has 1 aromatic carbocycles. The lowest BCUT2D eigenvalue weighted by Gasteiger charge is -2.45. The molecule has 6 heteroatoms. The van der Waals surface area contributed by atoms with Gasteiger partial charge in [-0.1, -0.05) is 18.6 Å². The SMILES string of the molecule is O=C1c2ccccc2-n2c(nc3cccnc32)CN1C[C@@H]1CCCN2CCCCC12. The number of fused-ring (bicyclic) bond motifs is 6. The number of hydrogen-bond acceptors (Lipinski definition) is 4. The Morgan fingerprint density at radius 2 is 1.90 bits per heavy atom. The summed E-state index contributed by atoms with van der Waals surface area (Å²) in [4.78, 5) is 27.8. The third kappa shape index (κ3) is 2.85. The second kappa shape index (κ2) is 7.20. The average molecular weight is 402 g/mol. The first kappa shape index (κ1) is 18.1. The number of aromatic nitrogens is 3. The summed E-state index contributed by atoms with van der Waals surface area (Å²) < 4.78 is 2.08. The number of para-hydroxylation sites is 1. The number of benzene rings is 1. The van der Waals surface area contributed by atoms with Crippen LogP contribution < -0.4 is 0 Å². The van der Waals surface area contributed by atoms with Crippen LogP contribution in [0.1, 0.15) is 48.3 Å². The van der Waals surface area contributed by atoms with Crippen molar-refractivity contribution in [1.82, 2.24) is 24.3 Å². The van der Waals surface area contributed by atoms with E-state index in [1.54, 1.807) is 6.20 Å².